The third kappa shape index (κ3) is 6.51. The molecular weight excluding hydrogens is 486 g/mol. The first-order valence-electron chi connectivity index (χ1n) is 11.8. The van der Waals surface area contributed by atoms with Crippen molar-refractivity contribution in [3.63, 3.8) is 0 Å². The van der Waals surface area contributed by atoms with Gasteiger partial charge in [0.25, 0.3) is 0 Å². The van der Waals surface area contributed by atoms with E-state index >= 15 is 0 Å². The molecule has 4 rings (SSSR count). The largest absolute Gasteiger partial charge is 0.493 e. The van der Waals surface area contributed by atoms with Crippen LogP contribution in [0.15, 0.2) is 83.4 Å². The lowest BCUT2D eigenvalue weighted by Crippen LogP contribution is -2.31. The van der Waals surface area contributed by atoms with Crippen LogP contribution < -0.4 is 20.1 Å². The molecule has 7 nitrogen and oxygen atoms in total. The number of methoxy groups -OCH3 is 1. The Morgan fingerprint density at radius 1 is 1.11 bits per heavy atom. The van der Waals surface area contributed by atoms with Crippen molar-refractivity contribution in [1.29, 1.82) is 5.26 Å². The van der Waals surface area contributed by atoms with Gasteiger partial charge < -0.3 is 20.1 Å². The Kier molecular flexibility index (Phi) is 8.49. The van der Waals surface area contributed by atoms with Gasteiger partial charge in [0, 0.05) is 18.0 Å². The molecule has 0 spiro atoms. The van der Waals surface area contributed by atoms with Crippen LogP contribution in [0.1, 0.15) is 29.0 Å². The first-order valence-corrected chi connectivity index (χ1v) is 12.7. The van der Waals surface area contributed by atoms with Crippen LogP contribution in [-0.4, -0.2) is 24.7 Å². The molecule has 188 valence electrons. The number of ether oxygens (including phenoxy) is 2. The Labute approximate surface area is 220 Å². The molecule has 1 aliphatic heterocycles. The van der Waals surface area contributed by atoms with Gasteiger partial charge in [-0.3, -0.25) is 9.59 Å². The van der Waals surface area contributed by atoms with Crippen LogP contribution in [0.5, 0.6) is 11.5 Å². The number of allylic oxidation sites excluding steroid dienone is 1. The van der Waals surface area contributed by atoms with Gasteiger partial charge in [0.1, 0.15) is 6.61 Å². The summed E-state index contributed by atoms with van der Waals surface area (Å²) in [6.07, 6.45) is 0.121. The number of para-hydroxylation sites is 1. The van der Waals surface area contributed by atoms with E-state index in [0.29, 0.717) is 28.7 Å². The molecular formula is C29H27N3O4S. The summed E-state index contributed by atoms with van der Waals surface area (Å²) >= 11 is 1.14. The van der Waals surface area contributed by atoms with E-state index in [9.17, 15) is 14.9 Å². The van der Waals surface area contributed by atoms with E-state index in [1.54, 1.807) is 19.2 Å². The summed E-state index contributed by atoms with van der Waals surface area (Å²) in [7, 11) is 1.55. The number of nitrogens with one attached hydrogen (secondary N) is 2. The SMILES string of the molecule is COc1cc(C2CC(=O)NC(SCC(=O)Nc3ccccc3C)=C2C#N)ccc1OCc1ccccc1. The normalized spacial score (nSPS) is 14.9. The minimum Gasteiger partial charge on any atom is -0.493 e. The summed E-state index contributed by atoms with van der Waals surface area (Å²) < 4.78 is 11.5. The number of hydrogen-bond donors (Lipinski definition) is 2. The summed E-state index contributed by atoms with van der Waals surface area (Å²) in [5.41, 5.74) is 3.88. The number of aryl methyl sites for hydroxylation is 1. The van der Waals surface area contributed by atoms with Gasteiger partial charge in [0.05, 0.1) is 29.5 Å². The average Bonchev–Trinajstić information content (AvgIpc) is 2.92. The summed E-state index contributed by atoms with van der Waals surface area (Å²) in [6, 6.07) is 25.0. The highest BCUT2D eigenvalue weighted by atomic mass is 32.2. The van der Waals surface area contributed by atoms with Crippen LogP contribution in [-0.2, 0) is 16.2 Å². The summed E-state index contributed by atoms with van der Waals surface area (Å²) in [5, 5.41) is 16.0. The Balaban J connectivity index is 1.50. The zero-order valence-corrected chi connectivity index (χ0v) is 21.4. The maximum atomic E-state index is 12.6. The third-order valence-electron chi connectivity index (χ3n) is 5.95. The van der Waals surface area contributed by atoms with Gasteiger partial charge in [0.15, 0.2) is 11.5 Å². The van der Waals surface area contributed by atoms with E-state index in [0.717, 1.165) is 34.1 Å². The molecule has 3 aromatic rings. The number of amides is 2. The fraction of sp³-hybridized carbons (Fsp3) is 0.207. The van der Waals surface area contributed by atoms with E-state index in [4.69, 9.17) is 9.47 Å². The molecule has 0 bridgehead atoms. The van der Waals surface area contributed by atoms with E-state index in [1.165, 1.54) is 0 Å². The second-order valence-electron chi connectivity index (χ2n) is 8.50. The number of carbonyl (C=O) groups is 2. The van der Waals surface area contributed by atoms with Gasteiger partial charge in [-0.25, -0.2) is 0 Å². The molecule has 1 unspecified atom stereocenters. The zero-order chi connectivity index (χ0) is 26.2. The van der Waals surface area contributed by atoms with Crippen LogP contribution >= 0.6 is 11.8 Å². The number of hydrogen-bond acceptors (Lipinski definition) is 6. The maximum absolute atomic E-state index is 12.6. The molecule has 2 N–H and O–H groups in total. The predicted molar refractivity (Wildman–Crippen MR) is 144 cm³/mol. The molecule has 0 saturated carbocycles. The van der Waals surface area contributed by atoms with E-state index in [-0.39, 0.29) is 24.0 Å². The van der Waals surface area contributed by atoms with Crippen molar-refractivity contribution in [3.05, 3.63) is 100 Å². The molecule has 0 radical (unpaired) electrons. The molecule has 3 aromatic carbocycles. The fourth-order valence-electron chi connectivity index (χ4n) is 4.01. The van der Waals surface area contributed by atoms with E-state index in [2.05, 4.69) is 16.7 Å². The van der Waals surface area contributed by atoms with Gasteiger partial charge in [-0.15, -0.1) is 0 Å². The summed E-state index contributed by atoms with van der Waals surface area (Å²) in [6.45, 7) is 2.30. The van der Waals surface area contributed by atoms with Crippen LogP contribution in [0, 0.1) is 18.3 Å². The highest BCUT2D eigenvalue weighted by molar-refractivity contribution is 8.03. The number of nitrogens with zero attached hydrogens (tertiary/aromatic N) is 1. The van der Waals surface area contributed by atoms with Gasteiger partial charge in [0.2, 0.25) is 11.8 Å². The Morgan fingerprint density at radius 2 is 1.86 bits per heavy atom. The second-order valence-corrected chi connectivity index (χ2v) is 9.48. The van der Waals surface area contributed by atoms with Crippen LogP contribution in [0.4, 0.5) is 5.69 Å². The molecule has 0 aromatic heterocycles. The standard InChI is InChI=1S/C29H27N3O4S/c1-19-8-6-7-11-24(19)31-28(34)18-37-29-23(16-30)22(15-27(33)32-29)21-12-13-25(26(14-21)35-2)36-17-20-9-4-3-5-10-20/h3-14,22H,15,17-18H2,1-2H3,(H,31,34)(H,32,33). The van der Waals surface area contributed by atoms with E-state index in [1.807, 2.05) is 67.6 Å². The maximum Gasteiger partial charge on any atom is 0.234 e. The topological polar surface area (TPSA) is 100 Å². The molecule has 1 atom stereocenters. The van der Waals surface area contributed by atoms with Crippen LogP contribution in [0.25, 0.3) is 0 Å². The van der Waals surface area contributed by atoms with Gasteiger partial charge >= 0.3 is 0 Å². The molecule has 0 aliphatic carbocycles. The van der Waals surface area contributed by atoms with Crippen molar-refractivity contribution in [3.8, 4) is 17.6 Å². The molecule has 8 heteroatoms. The number of nitriles is 1. The number of rotatable bonds is 9. The number of thioether (sulfide) groups is 1. The van der Waals surface area contributed by atoms with Gasteiger partial charge in [-0.1, -0.05) is 66.4 Å². The van der Waals surface area contributed by atoms with Crippen molar-refractivity contribution in [2.24, 2.45) is 0 Å². The van der Waals surface area contributed by atoms with Crippen LogP contribution in [0.3, 0.4) is 0 Å². The lowest BCUT2D eigenvalue weighted by atomic mass is 9.87. The average molecular weight is 514 g/mol. The monoisotopic (exact) mass is 513 g/mol. The summed E-state index contributed by atoms with van der Waals surface area (Å²) in [4.78, 5) is 25.1. The van der Waals surface area contributed by atoms with E-state index < -0.39 is 5.92 Å². The first-order chi connectivity index (χ1) is 18.0. The summed E-state index contributed by atoms with van der Waals surface area (Å²) in [5.74, 6) is 0.245. The van der Waals surface area contributed by atoms with Crippen LogP contribution in [0.2, 0.25) is 0 Å². The third-order valence-corrected chi connectivity index (χ3v) is 6.97. The van der Waals surface area contributed by atoms with Gasteiger partial charge in [-0.05, 0) is 41.8 Å². The van der Waals surface area contributed by atoms with Crippen molar-refractivity contribution < 1.29 is 19.1 Å². The quantitative estimate of drug-likeness (QED) is 0.403. The van der Waals surface area contributed by atoms with Crippen molar-refractivity contribution in [2.45, 2.75) is 25.9 Å². The smallest absolute Gasteiger partial charge is 0.234 e. The molecule has 1 heterocycles. The molecule has 0 fully saturated rings. The zero-order valence-electron chi connectivity index (χ0n) is 20.6. The molecule has 37 heavy (non-hydrogen) atoms. The van der Waals surface area contributed by atoms with Gasteiger partial charge in [-0.2, -0.15) is 5.26 Å². The lowest BCUT2D eigenvalue weighted by molar-refractivity contribution is -0.121. The minimum absolute atomic E-state index is 0.0530. The number of carbonyl (C=O) groups excluding carboxylic acids is 2. The Hall–Kier alpha value is -4.22. The predicted octanol–water partition coefficient (Wildman–Crippen LogP) is 5.29. The van der Waals surface area contributed by atoms with Crippen molar-refractivity contribution >= 4 is 29.3 Å². The lowest BCUT2D eigenvalue weighted by Gasteiger charge is -2.25. The van der Waals surface area contributed by atoms with Crippen molar-refractivity contribution in [2.75, 3.05) is 18.2 Å². The van der Waals surface area contributed by atoms with Crippen molar-refractivity contribution in [1.82, 2.24) is 5.32 Å². The molecule has 1 aliphatic rings. The first kappa shape index (κ1) is 25.9. The highest BCUT2D eigenvalue weighted by Crippen LogP contribution is 2.39. The number of anilines is 1. The molecule has 2 amide bonds. The molecule has 0 saturated heterocycles. The minimum atomic E-state index is -0.460. The second kappa shape index (κ2) is 12.2. The highest BCUT2D eigenvalue weighted by Gasteiger charge is 2.30. The Morgan fingerprint density at radius 3 is 2.59 bits per heavy atom. The Bertz CT molecular complexity index is 1370. The fourth-order valence-corrected chi connectivity index (χ4v) is 4.89. The number of benzene rings is 3.